The largest absolute Gasteiger partial charge is 0.378 e. The maximum absolute atomic E-state index is 4.45. The van der Waals surface area contributed by atoms with E-state index in [9.17, 15) is 0 Å². The van der Waals surface area contributed by atoms with Crippen molar-refractivity contribution < 1.29 is 0 Å². The van der Waals surface area contributed by atoms with Crippen molar-refractivity contribution in [1.29, 1.82) is 0 Å². The average Bonchev–Trinajstić information content (AvgIpc) is 2.96. The van der Waals surface area contributed by atoms with Crippen LogP contribution in [-0.4, -0.2) is 19.4 Å². The van der Waals surface area contributed by atoms with E-state index in [1.54, 1.807) is 12.4 Å². The summed E-state index contributed by atoms with van der Waals surface area (Å²) in [4.78, 5) is 12.8. The van der Waals surface area contributed by atoms with Crippen LogP contribution >= 0.6 is 0 Å². The number of hydrogen-bond donors (Lipinski definition) is 1. The van der Waals surface area contributed by atoms with E-state index < -0.39 is 0 Å². The predicted molar refractivity (Wildman–Crippen MR) is 82.1 cm³/mol. The number of anilines is 1. The molecule has 0 radical (unpaired) electrons. The fourth-order valence-electron chi connectivity index (χ4n) is 2.39. The number of pyridine rings is 1. The molecule has 0 aliphatic carbocycles. The fourth-order valence-corrected chi connectivity index (χ4v) is 2.39. The summed E-state index contributed by atoms with van der Waals surface area (Å²) in [7, 11) is 0. The van der Waals surface area contributed by atoms with Gasteiger partial charge in [-0.3, -0.25) is 14.4 Å². The number of aromatic nitrogens is 4. The van der Waals surface area contributed by atoms with E-state index >= 15 is 0 Å². The summed E-state index contributed by atoms with van der Waals surface area (Å²) in [6.45, 7) is 0.686. The minimum atomic E-state index is 0.686. The first-order valence-corrected chi connectivity index (χ1v) is 6.75. The van der Waals surface area contributed by atoms with E-state index in [2.05, 4.69) is 32.4 Å². The molecule has 1 N–H and O–H groups in total. The van der Waals surface area contributed by atoms with Crippen molar-refractivity contribution in [3.63, 3.8) is 0 Å². The van der Waals surface area contributed by atoms with Gasteiger partial charge < -0.3 is 5.32 Å². The smallest absolute Gasteiger partial charge is 0.155 e. The van der Waals surface area contributed by atoms with Crippen LogP contribution in [0.2, 0.25) is 0 Å². The van der Waals surface area contributed by atoms with Gasteiger partial charge in [0.25, 0.3) is 0 Å². The molecule has 21 heavy (non-hydrogen) atoms. The van der Waals surface area contributed by atoms with Crippen molar-refractivity contribution >= 4 is 22.2 Å². The number of nitrogens with zero attached hydrogens (tertiary/aromatic N) is 4. The molecule has 102 valence electrons. The minimum absolute atomic E-state index is 0.686. The zero-order valence-electron chi connectivity index (χ0n) is 11.3. The van der Waals surface area contributed by atoms with Crippen LogP contribution in [0.15, 0.2) is 61.3 Å². The van der Waals surface area contributed by atoms with Crippen LogP contribution in [0.4, 0.5) is 5.69 Å². The first-order valence-electron chi connectivity index (χ1n) is 6.75. The van der Waals surface area contributed by atoms with E-state index in [0.717, 1.165) is 27.9 Å². The molecule has 0 saturated heterocycles. The standard InChI is InChI=1S/C16H13N5/c1-2-4-15-12(3-1)7-13(8-19-15)18-9-14-10-20-16-11-17-5-6-21(14)16/h1-8,10-11,18H,9H2. The summed E-state index contributed by atoms with van der Waals surface area (Å²) in [6.07, 6.45) is 9.14. The third kappa shape index (κ3) is 2.18. The molecule has 1 aromatic carbocycles. The monoisotopic (exact) mass is 275 g/mol. The van der Waals surface area contributed by atoms with Crippen LogP contribution in [0, 0.1) is 0 Å². The summed E-state index contributed by atoms with van der Waals surface area (Å²) >= 11 is 0. The lowest BCUT2D eigenvalue weighted by Crippen LogP contribution is -2.03. The maximum atomic E-state index is 4.45. The summed E-state index contributed by atoms with van der Waals surface area (Å²) in [5.74, 6) is 0. The van der Waals surface area contributed by atoms with Gasteiger partial charge in [0.2, 0.25) is 0 Å². The van der Waals surface area contributed by atoms with Crippen LogP contribution in [0.5, 0.6) is 0 Å². The molecule has 5 nitrogen and oxygen atoms in total. The lowest BCUT2D eigenvalue weighted by molar-refractivity contribution is 0.990. The van der Waals surface area contributed by atoms with E-state index in [0.29, 0.717) is 6.54 Å². The van der Waals surface area contributed by atoms with Gasteiger partial charge in [0.05, 0.1) is 42.0 Å². The Balaban J connectivity index is 1.60. The lowest BCUT2D eigenvalue weighted by Gasteiger charge is -2.07. The lowest BCUT2D eigenvalue weighted by atomic mass is 10.2. The zero-order valence-corrected chi connectivity index (χ0v) is 11.3. The van der Waals surface area contributed by atoms with E-state index in [-0.39, 0.29) is 0 Å². The van der Waals surface area contributed by atoms with Gasteiger partial charge in [0.15, 0.2) is 5.65 Å². The third-order valence-electron chi connectivity index (χ3n) is 3.46. The van der Waals surface area contributed by atoms with E-state index in [1.165, 1.54) is 0 Å². The molecule has 3 heterocycles. The molecule has 0 atom stereocenters. The quantitative estimate of drug-likeness (QED) is 0.624. The second-order valence-electron chi connectivity index (χ2n) is 4.82. The number of hydrogen-bond acceptors (Lipinski definition) is 4. The normalized spacial score (nSPS) is 11.0. The highest BCUT2D eigenvalue weighted by Crippen LogP contribution is 2.17. The Bertz CT molecular complexity index is 912. The van der Waals surface area contributed by atoms with Crippen LogP contribution in [0.1, 0.15) is 5.69 Å². The SMILES string of the molecule is c1ccc2ncc(NCc3cnc4cnccn34)cc2c1. The Labute approximate surface area is 121 Å². The second-order valence-corrected chi connectivity index (χ2v) is 4.82. The molecule has 3 aromatic heterocycles. The molecule has 4 aromatic rings. The number of para-hydroxylation sites is 1. The summed E-state index contributed by atoms with van der Waals surface area (Å²) in [5, 5.41) is 4.52. The van der Waals surface area contributed by atoms with Gasteiger partial charge in [0, 0.05) is 17.8 Å². The number of nitrogens with one attached hydrogen (secondary N) is 1. The Morgan fingerprint density at radius 3 is 3.00 bits per heavy atom. The van der Waals surface area contributed by atoms with Gasteiger partial charge in [-0.1, -0.05) is 18.2 Å². The Hall–Kier alpha value is -2.95. The van der Waals surface area contributed by atoms with Crippen LogP contribution < -0.4 is 5.32 Å². The van der Waals surface area contributed by atoms with Gasteiger partial charge >= 0.3 is 0 Å². The molecule has 0 fully saturated rings. The van der Waals surface area contributed by atoms with Crippen molar-refractivity contribution in [2.24, 2.45) is 0 Å². The van der Waals surface area contributed by atoms with Gasteiger partial charge in [-0.2, -0.15) is 0 Å². The van der Waals surface area contributed by atoms with Crippen LogP contribution in [0.25, 0.3) is 16.6 Å². The van der Waals surface area contributed by atoms with Crippen molar-refractivity contribution in [3.05, 3.63) is 67.0 Å². The summed E-state index contributed by atoms with van der Waals surface area (Å²) in [6, 6.07) is 10.2. The summed E-state index contributed by atoms with van der Waals surface area (Å²) < 4.78 is 2.02. The molecule has 0 amide bonds. The molecule has 0 saturated carbocycles. The molecule has 0 bridgehead atoms. The van der Waals surface area contributed by atoms with Gasteiger partial charge in [-0.05, 0) is 12.1 Å². The molecule has 5 heteroatoms. The fraction of sp³-hybridized carbons (Fsp3) is 0.0625. The number of fused-ring (bicyclic) bond motifs is 2. The highest BCUT2D eigenvalue weighted by molar-refractivity contribution is 5.81. The highest BCUT2D eigenvalue weighted by Gasteiger charge is 2.03. The van der Waals surface area contributed by atoms with Gasteiger partial charge in [-0.25, -0.2) is 4.98 Å². The first-order chi connectivity index (χ1) is 10.4. The molecular formula is C16H13N5. The van der Waals surface area contributed by atoms with Gasteiger partial charge in [0.1, 0.15) is 0 Å². The topological polar surface area (TPSA) is 55.1 Å². The van der Waals surface area contributed by atoms with E-state index in [4.69, 9.17) is 0 Å². The third-order valence-corrected chi connectivity index (χ3v) is 3.46. The highest BCUT2D eigenvalue weighted by atomic mass is 15.0. The maximum Gasteiger partial charge on any atom is 0.155 e. The number of imidazole rings is 1. The number of rotatable bonds is 3. The average molecular weight is 275 g/mol. The zero-order chi connectivity index (χ0) is 14.1. The van der Waals surface area contributed by atoms with E-state index in [1.807, 2.05) is 41.2 Å². The first kappa shape index (κ1) is 11.8. The molecular weight excluding hydrogens is 262 g/mol. The molecule has 0 unspecified atom stereocenters. The Morgan fingerprint density at radius 1 is 1.05 bits per heavy atom. The summed E-state index contributed by atoms with van der Waals surface area (Å²) in [5.41, 5.74) is 3.94. The molecule has 4 rings (SSSR count). The second kappa shape index (κ2) is 4.86. The Kier molecular flexibility index (Phi) is 2.74. The molecule has 0 spiro atoms. The molecule has 0 aliphatic rings. The van der Waals surface area contributed by atoms with Crippen molar-refractivity contribution in [3.8, 4) is 0 Å². The van der Waals surface area contributed by atoms with Crippen molar-refractivity contribution in [1.82, 2.24) is 19.4 Å². The van der Waals surface area contributed by atoms with Crippen molar-refractivity contribution in [2.75, 3.05) is 5.32 Å². The minimum Gasteiger partial charge on any atom is -0.378 e. The van der Waals surface area contributed by atoms with Crippen LogP contribution in [0.3, 0.4) is 0 Å². The number of benzene rings is 1. The van der Waals surface area contributed by atoms with Crippen molar-refractivity contribution in [2.45, 2.75) is 6.54 Å². The van der Waals surface area contributed by atoms with Crippen LogP contribution in [-0.2, 0) is 6.54 Å². The molecule has 0 aliphatic heterocycles. The van der Waals surface area contributed by atoms with Gasteiger partial charge in [-0.15, -0.1) is 0 Å². The Morgan fingerprint density at radius 2 is 2.00 bits per heavy atom. The predicted octanol–water partition coefficient (Wildman–Crippen LogP) is 2.89.